The van der Waals surface area contributed by atoms with E-state index in [1.807, 2.05) is 22.6 Å². The molecule has 1 heterocycles. The molecule has 0 fully saturated rings. The lowest BCUT2D eigenvalue weighted by atomic mass is 10.2. The number of hydrogen-bond acceptors (Lipinski definition) is 4. The van der Waals surface area contributed by atoms with Crippen LogP contribution in [0.1, 0.15) is 10.4 Å². The molecule has 0 atom stereocenters. The molecule has 0 unspecified atom stereocenters. The lowest BCUT2D eigenvalue weighted by Gasteiger charge is -2.07. The number of fused-ring (bicyclic) bond motifs is 1. The predicted octanol–water partition coefficient (Wildman–Crippen LogP) is 3.87. The molecular weight excluding hydrogens is 404 g/mol. The number of nitrogens with zero attached hydrogens (tertiary/aromatic N) is 1. The van der Waals surface area contributed by atoms with Crippen LogP contribution in [0.15, 0.2) is 36.4 Å². The Bertz CT molecular complexity index is 849. The number of nitrogens with one attached hydrogen (secondary N) is 1. The zero-order valence-corrected chi connectivity index (χ0v) is 13.5. The minimum absolute atomic E-state index is 0.256. The van der Waals surface area contributed by atoms with Crippen LogP contribution in [0.25, 0.3) is 10.2 Å². The summed E-state index contributed by atoms with van der Waals surface area (Å²) < 4.78 is 14.5. The Hall–Kier alpha value is -1.74. The highest BCUT2D eigenvalue weighted by atomic mass is 127. The molecule has 7 heteroatoms. The first-order valence-electron chi connectivity index (χ1n) is 5.95. The van der Waals surface area contributed by atoms with Crippen molar-refractivity contribution < 1.29 is 9.18 Å². The van der Waals surface area contributed by atoms with Crippen molar-refractivity contribution in [2.45, 2.75) is 0 Å². The van der Waals surface area contributed by atoms with Crippen LogP contribution in [0.5, 0.6) is 0 Å². The van der Waals surface area contributed by atoms with Gasteiger partial charge in [-0.15, -0.1) is 0 Å². The van der Waals surface area contributed by atoms with E-state index in [0.29, 0.717) is 20.0 Å². The first kappa shape index (κ1) is 14.2. The predicted molar refractivity (Wildman–Crippen MR) is 91.1 cm³/mol. The summed E-state index contributed by atoms with van der Waals surface area (Å²) in [6.07, 6.45) is 0. The first-order valence-corrected chi connectivity index (χ1v) is 7.85. The van der Waals surface area contributed by atoms with Gasteiger partial charge in [0.2, 0.25) is 0 Å². The second-order valence-electron chi connectivity index (χ2n) is 4.31. The topological polar surface area (TPSA) is 68.0 Å². The van der Waals surface area contributed by atoms with Crippen molar-refractivity contribution in [2.75, 3.05) is 11.1 Å². The van der Waals surface area contributed by atoms with Gasteiger partial charge in [0.15, 0.2) is 5.13 Å². The number of halogens is 2. The van der Waals surface area contributed by atoms with Gasteiger partial charge in [0.25, 0.3) is 5.91 Å². The number of carbonyl (C=O) groups is 1. The molecule has 0 radical (unpaired) electrons. The van der Waals surface area contributed by atoms with Crippen LogP contribution >= 0.6 is 33.9 Å². The summed E-state index contributed by atoms with van der Waals surface area (Å²) in [5.74, 6) is -0.590. The number of thiazole rings is 1. The monoisotopic (exact) mass is 413 g/mol. The molecule has 21 heavy (non-hydrogen) atoms. The number of aromatic nitrogens is 1. The Kier molecular flexibility index (Phi) is 3.77. The van der Waals surface area contributed by atoms with Crippen LogP contribution in [0, 0.1) is 9.39 Å². The van der Waals surface area contributed by atoms with Gasteiger partial charge in [-0.25, -0.2) is 9.37 Å². The van der Waals surface area contributed by atoms with Crippen molar-refractivity contribution in [3.05, 3.63) is 51.3 Å². The van der Waals surface area contributed by atoms with Crippen molar-refractivity contribution in [1.82, 2.24) is 4.98 Å². The molecule has 0 aliphatic carbocycles. The van der Waals surface area contributed by atoms with E-state index in [9.17, 15) is 9.18 Å². The average Bonchev–Trinajstić information content (AvgIpc) is 2.80. The van der Waals surface area contributed by atoms with Crippen LogP contribution in [0.4, 0.5) is 15.2 Å². The minimum atomic E-state index is -0.334. The molecule has 1 amide bonds. The standard InChI is InChI=1S/C14H9FIN3OS/c15-8-2-4-10(9(16)6-8)18-13(20)7-1-3-11-12(5-7)21-14(17)19-11/h1-6H,(H2,17,19)(H,18,20). The third-order valence-corrected chi connectivity index (χ3v) is 4.59. The number of hydrogen-bond donors (Lipinski definition) is 2. The maximum atomic E-state index is 13.0. The van der Waals surface area contributed by atoms with Crippen molar-refractivity contribution in [1.29, 1.82) is 0 Å². The van der Waals surface area contributed by atoms with Gasteiger partial charge in [-0.2, -0.15) is 0 Å². The normalized spacial score (nSPS) is 10.8. The molecule has 1 aromatic heterocycles. The lowest BCUT2D eigenvalue weighted by molar-refractivity contribution is 0.102. The number of amides is 1. The third-order valence-electron chi connectivity index (χ3n) is 2.85. The molecule has 106 valence electrons. The third kappa shape index (κ3) is 2.98. The number of rotatable bonds is 2. The average molecular weight is 413 g/mol. The van der Waals surface area contributed by atoms with Gasteiger partial charge in [-0.3, -0.25) is 4.79 Å². The van der Waals surface area contributed by atoms with E-state index < -0.39 is 0 Å². The van der Waals surface area contributed by atoms with E-state index in [0.717, 1.165) is 10.2 Å². The highest BCUT2D eigenvalue weighted by Gasteiger charge is 2.11. The molecule has 0 aliphatic heterocycles. The molecule has 2 aromatic carbocycles. The molecule has 3 aromatic rings. The molecule has 3 rings (SSSR count). The van der Waals surface area contributed by atoms with Gasteiger partial charge >= 0.3 is 0 Å². The van der Waals surface area contributed by atoms with Gasteiger partial charge in [0.1, 0.15) is 5.82 Å². The highest BCUT2D eigenvalue weighted by molar-refractivity contribution is 14.1. The van der Waals surface area contributed by atoms with E-state index >= 15 is 0 Å². The van der Waals surface area contributed by atoms with Crippen LogP contribution < -0.4 is 11.1 Å². The Morgan fingerprint density at radius 3 is 2.86 bits per heavy atom. The number of nitrogen functional groups attached to an aromatic ring is 1. The smallest absolute Gasteiger partial charge is 0.255 e. The number of benzene rings is 2. The molecule has 0 bridgehead atoms. The maximum Gasteiger partial charge on any atom is 0.255 e. The Morgan fingerprint density at radius 2 is 2.10 bits per heavy atom. The van der Waals surface area contributed by atoms with E-state index in [1.165, 1.54) is 29.5 Å². The van der Waals surface area contributed by atoms with E-state index in [4.69, 9.17) is 5.73 Å². The van der Waals surface area contributed by atoms with Gasteiger partial charge < -0.3 is 11.1 Å². The molecule has 0 spiro atoms. The van der Waals surface area contributed by atoms with Crippen molar-refractivity contribution in [3.63, 3.8) is 0 Å². The van der Waals surface area contributed by atoms with Crippen molar-refractivity contribution >= 4 is 60.9 Å². The summed E-state index contributed by atoms with van der Waals surface area (Å²) in [6.45, 7) is 0. The molecule has 0 aliphatic rings. The van der Waals surface area contributed by atoms with Crippen LogP contribution in [0.3, 0.4) is 0 Å². The fourth-order valence-electron chi connectivity index (χ4n) is 1.87. The van der Waals surface area contributed by atoms with E-state index in [2.05, 4.69) is 10.3 Å². The summed E-state index contributed by atoms with van der Waals surface area (Å²) in [6, 6.07) is 9.40. The van der Waals surface area contributed by atoms with Gasteiger partial charge in [-0.1, -0.05) is 11.3 Å². The van der Waals surface area contributed by atoms with Crippen LogP contribution in [-0.2, 0) is 0 Å². The van der Waals surface area contributed by atoms with Crippen LogP contribution in [-0.4, -0.2) is 10.9 Å². The Balaban J connectivity index is 1.89. The minimum Gasteiger partial charge on any atom is -0.375 e. The zero-order valence-electron chi connectivity index (χ0n) is 10.6. The molecule has 0 saturated carbocycles. The zero-order chi connectivity index (χ0) is 15.0. The molecule has 4 nitrogen and oxygen atoms in total. The van der Waals surface area contributed by atoms with Crippen molar-refractivity contribution in [2.24, 2.45) is 0 Å². The maximum absolute atomic E-state index is 13.0. The summed E-state index contributed by atoms with van der Waals surface area (Å²) in [7, 11) is 0. The fraction of sp³-hybridized carbons (Fsp3) is 0. The highest BCUT2D eigenvalue weighted by Crippen LogP contribution is 2.25. The van der Waals surface area contributed by atoms with Gasteiger partial charge in [0, 0.05) is 9.13 Å². The fourth-order valence-corrected chi connectivity index (χ4v) is 3.25. The second kappa shape index (κ2) is 5.57. The van der Waals surface area contributed by atoms with Crippen molar-refractivity contribution in [3.8, 4) is 0 Å². The van der Waals surface area contributed by atoms with E-state index in [-0.39, 0.29) is 11.7 Å². The number of anilines is 2. The summed E-state index contributed by atoms with van der Waals surface area (Å²) in [5, 5.41) is 3.23. The van der Waals surface area contributed by atoms with Gasteiger partial charge in [-0.05, 0) is 59.0 Å². The number of nitrogens with two attached hydrogens (primary N) is 1. The first-order chi connectivity index (χ1) is 10.0. The molecule has 0 saturated heterocycles. The van der Waals surface area contributed by atoms with Crippen LogP contribution in [0.2, 0.25) is 0 Å². The Labute approximate surface area is 137 Å². The Morgan fingerprint density at radius 1 is 1.29 bits per heavy atom. The SMILES string of the molecule is Nc1nc2ccc(C(=O)Nc3ccc(F)cc3I)cc2s1. The quantitative estimate of drug-likeness (QED) is 0.627. The molecule has 3 N–H and O–H groups in total. The van der Waals surface area contributed by atoms with Gasteiger partial charge in [0.05, 0.1) is 15.9 Å². The summed E-state index contributed by atoms with van der Waals surface area (Å²) >= 11 is 3.31. The summed E-state index contributed by atoms with van der Waals surface area (Å²) in [4.78, 5) is 16.4. The largest absolute Gasteiger partial charge is 0.375 e. The molecular formula is C14H9FIN3OS. The second-order valence-corrected chi connectivity index (χ2v) is 6.54. The van der Waals surface area contributed by atoms with E-state index in [1.54, 1.807) is 18.2 Å². The lowest BCUT2D eigenvalue weighted by Crippen LogP contribution is -2.12. The number of carbonyl (C=O) groups excluding carboxylic acids is 1. The summed E-state index contributed by atoms with van der Waals surface area (Å²) in [5.41, 5.74) is 7.49.